The molecule has 1 spiro atoms. The van der Waals surface area contributed by atoms with Crippen LogP contribution in [0.5, 0.6) is 0 Å². The summed E-state index contributed by atoms with van der Waals surface area (Å²) in [7, 11) is 0. The molecular formula is C22H30N2O. The van der Waals surface area contributed by atoms with Gasteiger partial charge in [-0.2, -0.15) is 0 Å². The number of hydrogen-bond acceptors (Lipinski definition) is 3. The summed E-state index contributed by atoms with van der Waals surface area (Å²) < 4.78 is 5.54. The normalized spacial score (nSPS) is 37.1. The van der Waals surface area contributed by atoms with E-state index in [9.17, 15) is 0 Å². The van der Waals surface area contributed by atoms with E-state index in [1.54, 1.807) is 5.56 Å². The van der Waals surface area contributed by atoms with Crippen molar-refractivity contribution in [2.45, 2.75) is 56.9 Å². The van der Waals surface area contributed by atoms with Gasteiger partial charge in [0.05, 0.1) is 24.6 Å². The number of aliphatic imine (C=N–C) groups is 1. The van der Waals surface area contributed by atoms with Crippen LogP contribution < -0.4 is 0 Å². The summed E-state index contributed by atoms with van der Waals surface area (Å²) in [5.41, 5.74) is 3.20. The van der Waals surface area contributed by atoms with Gasteiger partial charge in [-0.15, -0.1) is 0 Å². The second kappa shape index (κ2) is 6.12. The molecule has 2 aliphatic carbocycles. The summed E-state index contributed by atoms with van der Waals surface area (Å²) in [6.07, 6.45) is 7.78. The van der Waals surface area contributed by atoms with Gasteiger partial charge in [0.2, 0.25) is 0 Å². The SMILES string of the molecule is CCc1ccc(C2C3CCC(C3)C23CCC(N2CCOCC2)=N3)cc1. The van der Waals surface area contributed by atoms with Gasteiger partial charge in [-0.3, -0.25) is 4.99 Å². The maximum Gasteiger partial charge on any atom is 0.0998 e. The van der Waals surface area contributed by atoms with Gasteiger partial charge in [-0.1, -0.05) is 31.2 Å². The van der Waals surface area contributed by atoms with Crippen LogP contribution in [0.1, 0.15) is 56.1 Å². The van der Waals surface area contributed by atoms with E-state index >= 15 is 0 Å². The standard InChI is InChI=1S/C22H30N2O/c1-2-16-3-5-17(6-4-16)21-18-7-8-19(15-18)22(21)10-9-20(23-22)24-11-13-25-14-12-24/h3-6,18-19,21H,2,7-15H2,1H3. The average Bonchev–Trinajstić information content (AvgIpc) is 3.38. The van der Waals surface area contributed by atoms with Crippen LogP contribution in [0.4, 0.5) is 0 Å². The van der Waals surface area contributed by atoms with E-state index in [-0.39, 0.29) is 5.54 Å². The zero-order chi connectivity index (χ0) is 16.9. The molecule has 5 rings (SSSR count). The van der Waals surface area contributed by atoms with E-state index in [0.717, 1.165) is 44.6 Å². The molecule has 1 saturated heterocycles. The summed E-state index contributed by atoms with van der Waals surface area (Å²) in [5, 5.41) is 0. The molecule has 0 aromatic heterocycles. The molecule has 4 atom stereocenters. The quantitative estimate of drug-likeness (QED) is 0.813. The van der Waals surface area contributed by atoms with Crippen LogP contribution in [0.25, 0.3) is 0 Å². The van der Waals surface area contributed by atoms with Crippen molar-refractivity contribution in [2.24, 2.45) is 16.8 Å². The monoisotopic (exact) mass is 338 g/mol. The number of benzene rings is 1. The molecule has 3 heteroatoms. The Morgan fingerprint density at radius 1 is 1.16 bits per heavy atom. The smallest absolute Gasteiger partial charge is 0.0998 e. The molecule has 1 aromatic rings. The van der Waals surface area contributed by atoms with Crippen molar-refractivity contribution in [3.8, 4) is 0 Å². The van der Waals surface area contributed by atoms with Crippen molar-refractivity contribution in [3.05, 3.63) is 35.4 Å². The molecule has 1 aromatic carbocycles. The lowest BCUT2D eigenvalue weighted by Gasteiger charge is -2.39. The van der Waals surface area contributed by atoms with Crippen LogP contribution in [-0.4, -0.2) is 42.6 Å². The number of rotatable bonds is 2. The Hall–Kier alpha value is -1.35. The van der Waals surface area contributed by atoms with Crippen molar-refractivity contribution < 1.29 is 4.74 Å². The number of ether oxygens (including phenoxy) is 1. The Morgan fingerprint density at radius 2 is 1.96 bits per heavy atom. The third kappa shape index (κ3) is 2.46. The summed E-state index contributed by atoms with van der Waals surface area (Å²) >= 11 is 0. The third-order valence-electron chi connectivity index (χ3n) is 7.40. The van der Waals surface area contributed by atoms with E-state index in [4.69, 9.17) is 9.73 Å². The Morgan fingerprint density at radius 3 is 2.72 bits per heavy atom. The second-order valence-electron chi connectivity index (χ2n) is 8.46. The molecule has 3 fully saturated rings. The van der Waals surface area contributed by atoms with Crippen molar-refractivity contribution in [1.29, 1.82) is 0 Å². The zero-order valence-electron chi connectivity index (χ0n) is 15.4. The fraction of sp³-hybridized carbons (Fsp3) is 0.682. The van der Waals surface area contributed by atoms with Crippen molar-refractivity contribution in [1.82, 2.24) is 4.90 Å². The molecule has 0 N–H and O–H groups in total. The van der Waals surface area contributed by atoms with E-state index < -0.39 is 0 Å². The minimum absolute atomic E-state index is 0.199. The average molecular weight is 338 g/mol. The third-order valence-corrected chi connectivity index (χ3v) is 7.40. The lowest BCUT2D eigenvalue weighted by Crippen LogP contribution is -2.41. The van der Waals surface area contributed by atoms with Gasteiger partial charge in [0.1, 0.15) is 0 Å². The first-order chi connectivity index (χ1) is 12.3. The fourth-order valence-electron chi connectivity index (χ4n) is 6.19. The number of fused-ring (bicyclic) bond motifs is 3. The molecule has 25 heavy (non-hydrogen) atoms. The highest BCUT2D eigenvalue weighted by Crippen LogP contribution is 2.63. The van der Waals surface area contributed by atoms with Crippen molar-refractivity contribution >= 4 is 5.84 Å². The molecule has 0 radical (unpaired) electrons. The number of nitrogens with zero attached hydrogens (tertiary/aromatic N) is 2. The van der Waals surface area contributed by atoms with Gasteiger partial charge < -0.3 is 9.64 Å². The minimum Gasteiger partial charge on any atom is -0.378 e. The predicted molar refractivity (Wildman–Crippen MR) is 101 cm³/mol. The second-order valence-corrected chi connectivity index (χ2v) is 8.46. The van der Waals surface area contributed by atoms with Gasteiger partial charge in [0, 0.05) is 25.4 Å². The van der Waals surface area contributed by atoms with E-state index in [1.807, 2.05) is 0 Å². The van der Waals surface area contributed by atoms with Crippen LogP contribution in [0.3, 0.4) is 0 Å². The summed E-state index contributed by atoms with van der Waals surface area (Å²) in [6.45, 7) is 6.02. The highest BCUT2D eigenvalue weighted by atomic mass is 16.5. The first kappa shape index (κ1) is 15.9. The van der Waals surface area contributed by atoms with Crippen molar-refractivity contribution in [2.75, 3.05) is 26.3 Å². The largest absolute Gasteiger partial charge is 0.378 e. The lowest BCUT2D eigenvalue weighted by molar-refractivity contribution is 0.0674. The van der Waals surface area contributed by atoms with Gasteiger partial charge in [0.25, 0.3) is 0 Å². The van der Waals surface area contributed by atoms with Gasteiger partial charge >= 0.3 is 0 Å². The van der Waals surface area contributed by atoms with E-state index in [1.165, 1.54) is 43.5 Å². The highest BCUT2D eigenvalue weighted by Gasteiger charge is 2.60. The maximum absolute atomic E-state index is 5.54. The van der Waals surface area contributed by atoms with Gasteiger partial charge in [-0.25, -0.2) is 0 Å². The number of aryl methyl sites for hydroxylation is 1. The fourth-order valence-corrected chi connectivity index (χ4v) is 6.19. The minimum atomic E-state index is 0.199. The first-order valence-electron chi connectivity index (χ1n) is 10.3. The van der Waals surface area contributed by atoms with Crippen LogP contribution >= 0.6 is 0 Å². The van der Waals surface area contributed by atoms with E-state index in [0.29, 0.717) is 5.92 Å². The molecule has 2 aliphatic heterocycles. The highest BCUT2D eigenvalue weighted by molar-refractivity contribution is 5.85. The lowest BCUT2D eigenvalue weighted by atomic mass is 9.69. The number of hydrogen-bond donors (Lipinski definition) is 0. The molecule has 4 aliphatic rings. The first-order valence-corrected chi connectivity index (χ1v) is 10.3. The van der Waals surface area contributed by atoms with Crippen molar-refractivity contribution in [3.63, 3.8) is 0 Å². The van der Waals surface area contributed by atoms with Gasteiger partial charge in [-0.05, 0) is 55.1 Å². The molecular weight excluding hydrogens is 308 g/mol. The van der Waals surface area contributed by atoms with Gasteiger partial charge in [0.15, 0.2) is 0 Å². The Labute approximate surface area is 151 Å². The maximum atomic E-state index is 5.54. The molecule has 2 heterocycles. The van der Waals surface area contributed by atoms with E-state index in [2.05, 4.69) is 36.1 Å². The Balaban J connectivity index is 1.48. The molecule has 3 nitrogen and oxygen atoms in total. The molecule has 2 saturated carbocycles. The molecule has 4 unspecified atom stereocenters. The van der Waals surface area contributed by atoms with Crippen LogP contribution in [0.15, 0.2) is 29.3 Å². The zero-order valence-corrected chi connectivity index (χ0v) is 15.4. The topological polar surface area (TPSA) is 24.8 Å². The van der Waals surface area contributed by atoms with Crippen LogP contribution in [0.2, 0.25) is 0 Å². The van der Waals surface area contributed by atoms with Crippen LogP contribution in [-0.2, 0) is 11.2 Å². The number of morpholine rings is 1. The van der Waals surface area contributed by atoms with Crippen LogP contribution in [0, 0.1) is 11.8 Å². The Bertz CT molecular complexity index is 661. The molecule has 0 amide bonds. The summed E-state index contributed by atoms with van der Waals surface area (Å²) in [5.74, 6) is 3.69. The predicted octanol–water partition coefficient (Wildman–Crippen LogP) is 4.03. The molecule has 134 valence electrons. The summed E-state index contributed by atoms with van der Waals surface area (Å²) in [4.78, 5) is 8.01. The molecule has 2 bridgehead atoms. The number of amidine groups is 1. The Kier molecular flexibility index (Phi) is 3.89. The summed E-state index contributed by atoms with van der Waals surface area (Å²) in [6, 6.07) is 9.51.